The van der Waals surface area contributed by atoms with Gasteiger partial charge in [-0.1, -0.05) is 27.7 Å². The Morgan fingerprint density at radius 1 is 0.581 bits per heavy atom. The molecule has 5 heterocycles. The molecule has 4 saturated carbocycles. The monoisotopic (exact) mass is 886 g/mol. The van der Waals surface area contributed by atoms with Crippen LogP contribution in [-0.2, 0) is 37.9 Å². The lowest BCUT2D eigenvalue weighted by molar-refractivity contribution is -0.390. The number of aliphatic hydroxyl groups is 9. The van der Waals surface area contributed by atoms with Gasteiger partial charge >= 0.3 is 0 Å². The Bertz CT molecular complexity index is 1550. The summed E-state index contributed by atoms with van der Waals surface area (Å²) in [5.74, 6) is 3.18. The summed E-state index contributed by atoms with van der Waals surface area (Å²) >= 11 is 0. The van der Waals surface area contributed by atoms with Gasteiger partial charge < -0.3 is 83.9 Å². The van der Waals surface area contributed by atoms with Crippen molar-refractivity contribution in [1.82, 2.24) is 0 Å². The molecule has 17 nitrogen and oxygen atoms in total. The summed E-state index contributed by atoms with van der Waals surface area (Å²) in [5, 5.41) is 95.8. The van der Waals surface area contributed by atoms with Crippen LogP contribution < -0.4 is 0 Å². The fourth-order valence-electron chi connectivity index (χ4n) is 14.6. The van der Waals surface area contributed by atoms with Gasteiger partial charge in [-0.05, 0) is 111 Å². The number of hydrogen-bond acceptors (Lipinski definition) is 17. The minimum atomic E-state index is -1.81. The molecular weight excluding hydrogens is 812 g/mol. The summed E-state index contributed by atoms with van der Waals surface area (Å²) in [6, 6.07) is 0. The lowest BCUT2D eigenvalue weighted by atomic mass is 9.44. The number of ether oxygens (including phenoxy) is 8. The Morgan fingerprint density at radius 3 is 1.94 bits per heavy atom. The molecule has 17 heteroatoms. The van der Waals surface area contributed by atoms with Gasteiger partial charge in [0.15, 0.2) is 24.7 Å². The third kappa shape index (κ3) is 7.56. The molecule has 0 amide bonds. The standard InChI is InChI=1S/C45H74O17/c1-19-8-13-45(55-18-19)20(2)30-27(62-45)15-26-24-7-6-22-14-23(9-11-43(22,4)25(24)10-12-44(26,30)5)57-42-39(61-40-35(52)33(50)31(48)21(3)56-40)37(54)38(29(17-47)59-42)60-41-36(53)34(51)32(49)28(16-46)58-41/h19-42,46-54H,6-18H2,1-5H3/t19?,20-,21-,22+,23-,24+,25-,26-,27-,28+,29+,30-,31-,32+,33+,34-,35+,36+,37-,38+,39+,40-,41-,42+,43-,44-,45+/m0/s1. The largest absolute Gasteiger partial charge is 0.394 e. The van der Waals surface area contributed by atoms with Crippen LogP contribution in [0.1, 0.15) is 98.8 Å². The van der Waals surface area contributed by atoms with Crippen molar-refractivity contribution in [2.45, 2.75) is 209 Å². The van der Waals surface area contributed by atoms with Crippen molar-refractivity contribution in [2.24, 2.45) is 52.3 Å². The molecule has 5 saturated heterocycles. The first kappa shape index (κ1) is 46.4. The van der Waals surface area contributed by atoms with Gasteiger partial charge in [-0.3, -0.25) is 0 Å². The minimum absolute atomic E-state index is 0.103. The third-order valence-corrected chi connectivity index (χ3v) is 18.2. The smallest absolute Gasteiger partial charge is 0.187 e. The van der Waals surface area contributed by atoms with E-state index < -0.39 is 111 Å². The molecule has 0 bridgehead atoms. The zero-order valence-corrected chi connectivity index (χ0v) is 36.8. The summed E-state index contributed by atoms with van der Waals surface area (Å²) in [4.78, 5) is 0. The van der Waals surface area contributed by atoms with E-state index in [2.05, 4.69) is 27.7 Å². The van der Waals surface area contributed by atoms with Crippen LogP contribution >= 0.6 is 0 Å². The summed E-state index contributed by atoms with van der Waals surface area (Å²) in [7, 11) is 0. The summed E-state index contributed by atoms with van der Waals surface area (Å²) < 4.78 is 50.0. The lowest BCUT2D eigenvalue weighted by Gasteiger charge is -2.61. The highest BCUT2D eigenvalue weighted by Gasteiger charge is 2.69. The molecule has 5 aliphatic heterocycles. The van der Waals surface area contributed by atoms with E-state index in [1.807, 2.05) is 0 Å². The number of aliphatic hydroxyl groups excluding tert-OH is 9. The van der Waals surface area contributed by atoms with Crippen molar-refractivity contribution >= 4 is 0 Å². The summed E-state index contributed by atoms with van der Waals surface area (Å²) in [6.07, 6.45) is -12.6. The zero-order chi connectivity index (χ0) is 44.2. The molecule has 9 fully saturated rings. The molecule has 62 heavy (non-hydrogen) atoms. The van der Waals surface area contributed by atoms with Crippen molar-refractivity contribution < 1.29 is 83.9 Å². The molecule has 9 N–H and O–H groups in total. The van der Waals surface area contributed by atoms with Crippen LogP contribution in [0.4, 0.5) is 0 Å². The van der Waals surface area contributed by atoms with E-state index >= 15 is 0 Å². The molecule has 9 aliphatic rings. The van der Waals surface area contributed by atoms with E-state index in [4.69, 9.17) is 37.9 Å². The molecule has 1 unspecified atom stereocenters. The van der Waals surface area contributed by atoms with E-state index in [9.17, 15) is 46.0 Å². The van der Waals surface area contributed by atoms with Crippen molar-refractivity contribution in [3.05, 3.63) is 0 Å². The van der Waals surface area contributed by atoms with Gasteiger partial charge in [-0.15, -0.1) is 0 Å². The van der Waals surface area contributed by atoms with Crippen molar-refractivity contribution in [2.75, 3.05) is 19.8 Å². The average molecular weight is 887 g/mol. The zero-order valence-electron chi connectivity index (χ0n) is 36.8. The van der Waals surface area contributed by atoms with Gasteiger partial charge in [-0.25, -0.2) is 0 Å². The fourth-order valence-corrected chi connectivity index (χ4v) is 14.6. The highest BCUT2D eigenvalue weighted by Crippen LogP contribution is 2.71. The average Bonchev–Trinajstić information content (AvgIpc) is 3.70. The summed E-state index contributed by atoms with van der Waals surface area (Å²) in [6.45, 7) is 10.6. The lowest BCUT2D eigenvalue weighted by Crippen LogP contribution is -2.67. The minimum Gasteiger partial charge on any atom is -0.394 e. The predicted molar refractivity (Wildman–Crippen MR) is 214 cm³/mol. The van der Waals surface area contributed by atoms with Crippen LogP contribution in [0, 0.1) is 52.3 Å². The van der Waals surface area contributed by atoms with Crippen LogP contribution in [0.5, 0.6) is 0 Å². The molecule has 0 aromatic heterocycles. The van der Waals surface area contributed by atoms with Gasteiger partial charge in [-0.2, -0.15) is 0 Å². The second kappa shape index (κ2) is 17.4. The van der Waals surface area contributed by atoms with Crippen LogP contribution in [0.25, 0.3) is 0 Å². The van der Waals surface area contributed by atoms with Gasteiger partial charge in [0.25, 0.3) is 0 Å². The first-order chi connectivity index (χ1) is 29.4. The maximum absolute atomic E-state index is 12.0. The topological polar surface area (TPSA) is 256 Å². The van der Waals surface area contributed by atoms with Gasteiger partial charge in [0.05, 0.1) is 38.1 Å². The van der Waals surface area contributed by atoms with E-state index in [0.29, 0.717) is 47.8 Å². The van der Waals surface area contributed by atoms with Crippen LogP contribution in [0.15, 0.2) is 0 Å². The second-order valence-electron chi connectivity index (χ2n) is 21.5. The Morgan fingerprint density at radius 2 is 1.24 bits per heavy atom. The van der Waals surface area contributed by atoms with Crippen LogP contribution in [-0.4, -0.2) is 176 Å². The number of hydrogen-bond donors (Lipinski definition) is 9. The molecule has 356 valence electrons. The Balaban J connectivity index is 0.899. The molecule has 9 rings (SSSR count). The van der Waals surface area contributed by atoms with Crippen LogP contribution in [0.3, 0.4) is 0 Å². The van der Waals surface area contributed by atoms with E-state index in [0.717, 1.165) is 51.6 Å². The Labute approximate surface area is 364 Å². The first-order valence-corrected chi connectivity index (χ1v) is 23.7. The van der Waals surface area contributed by atoms with Crippen molar-refractivity contribution in [3.63, 3.8) is 0 Å². The quantitative estimate of drug-likeness (QED) is 0.149. The molecule has 1 spiro atoms. The highest BCUT2D eigenvalue weighted by molar-refractivity contribution is 5.15. The van der Waals surface area contributed by atoms with E-state index in [1.54, 1.807) is 0 Å². The molecule has 4 aliphatic carbocycles. The molecule has 27 atom stereocenters. The van der Waals surface area contributed by atoms with Crippen LogP contribution in [0.2, 0.25) is 0 Å². The fraction of sp³-hybridized carbons (Fsp3) is 1.00. The van der Waals surface area contributed by atoms with E-state index in [1.165, 1.54) is 19.8 Å². The van der Waals surface area contributed by atoms with Gasteiger partial charge in [0, 0.05) is 12.3 Å². The number of rotatable bonds is 8. The predicted octanol–water partition coefficient (Wildman–Crippen LogP) is 0.294. The van der Waals surface area contributed by atoms with Gasteiger partial charge in [0.1, 0.15) is 67.1 Å². The maximum Gasteiger partial charge on any atom is 0.187 e. The van der Waals surface area contributed by atoms with Gasteiger partial charge in [0.2, 0.25) is 0 Å². The highest BCUT2D eigenvalue weighted by atomic mass is 16.8. The number of fused-ring (bicyclic) bond motifs is 7. The molecule has 0 radical (unpaired) electrons. The Hall–Kier alpha value is -0.680. The van der Waals surface area contributed by atoms with Crippen molar-refractivity contribution in [1.29, 1.82) is 0 Å². The molecule has 0 aromatic rings. The normalized spacial score (nSPS) is 58.9. The summed E-state index contributed by atoms with van der Waals surface area (Å²) in [5.41, 5.74) is 0.320. The SMILES string of the molecule is CC1CC[C@@]2(OC1)O[C@H]1C[C@H]3[C@@H]4CC[C@@H]5C[C@@H](O[C@@H]6O[C@H](CO)[C@@H](O[C@@H]7O[C@H](CO)[C@@H](O)[C@H](O)[C@H]7O)[C@H](O)[C@H]6O[C@@H]6O[C@@H](C)[C@H](O)[C@@H](O)[C@H]6O)CC[C@]5(C)[C@H]4CC[C@]3(C)[C@H]1[C@@H]2C. The van der Waals surface area contributed by atoms with E-state index in [-0.39, 0.29) is 23.0 Å². The maximum atomic E-state index is 12.0. The third-order valence-electron chi connectivity index (χ3n) is 18.2. The van der Waals surface area contributed by atoms with Crippen molar-refractivity contribution in [3.8, 4) is 0 Å². The first-order valence-electron chi connectivity index (χ1n) is 23.7. The Kier molecular flexibility index (Phi) is 13.1. The second-order valence-corrected chi connectivity index (χ2v) is 21.5. The molecule has 0 aromatic carbocycles. The molecular formula is C45H74O17.